The van der Waals surface area contributed by atoms with Gasteiger partial charge in [-0.1, -0.05) is 12.1 Å². The number of anilines is 1. The van der Waals surface area contributed by atoms with Crippen LogP contribution >= 0.6 is 0 Å². The first-order valence-electron chi connectivity index (χ1n) is 9.59. The lowest BCUT2D eigenvalue weighted by Gasteiger charge is -2.20. The van der Waals surface area contributed by atoms with Crippen molar-refractivity contribution in [2.45, 2.75) is 13.5 Å². The molecule has 0 spiro atoms. The average molecular weight is 417 g/mol. The predicted molar refractivity (Wildman–Crippen MR) is 110 cm³/mol. The number of amides is 2. The number of nitrogens with zero attached hydrogens (tertiary/aromatic N) is 1. The highest BCUT2D eigenvalue weighted by molar-refractivity contribution is 6.04. The van der Waals surface area contributed by atoms with E-state index in [0.29, 0.717) is 30.2 Å². The Labute approximate surface area is 175 Å². The normalized spacial score (nSPS) is 10.6. The lowest BCUT2D eigenvalue weighted by molar-refractivity contribution is -0.144. The second-order valence-corrected chi connectivity index (χ2v) is 6.36. The number of benzene rings is 1. The van der Waals surface area contributed by atoms with Gasteiger partial charge in [0.1, 0.15) is 5.76 Å². The summed E-state index contributed by atoms with van der Waals surface area (Å²) in [4.78, 5) is 38.5. The van der Waals surface area contributed by atoms with Crippen LogP contribution in [0.25, 0.3) is 0 Å². The van der Waals surface area contributed by atoms with E-state index in [4.69, 9.17) is 13.9 Å². The molecule has 9 nitrogen and oxygen atoms in total. The van der Waals surface area contributed by atoms with Gasteiger partial charge in [-0.3, -0.25) is 19.3 Å². The number of rotatable bonds is 12. The van der Waals surface area contributed by atoms with Crippen LogP contribution in [0.15, 0.2) is 47.1 Å². The SMILES string of the molecule is CCOC(=O)CN(CCOC)CC(=O)Nc1ccccc1C(=O)NCc1ccco1. The smallest absolute Gasteiger partial charge is 0.320 e. The quantitative estimate of drug-likeness (QED) is 0.505. The third kappa shape index (κ3) is 7.69. The minimum atomic E-state index is -0.417. The standard InChI is InChI=1S/C21H27N3O6/c1-3-29-20(26)15-24(10-12-28-2)14-19(25)23-18-9-5-4-8-17(18)21(27)22-13-16-7-6-11-30-16/h4-9,11H,3,10,12-15H2,1-2H3,(H,22,27)(H,23,25). The fourth-order valence-electron chi connectivity index (χ4n) is 2.68. The maximum atomic E-state index is 12.6. The van der Waals surface area contributed by atoms with Crippen molar-refractivity contribution >= 4 is 23.5 Å². The monoisotopic (exact) mass is 417 g/mol. The minimum absolute atomic E-state index is 0.0318. The second kappa shape index (κ2) is 12.4. The van der Waals surface area contributed by atoms with Gasteiger partial charge in [0.15, 0.2) is 0 Å². The largest absolute Gasteiger partial charge is 0.467 e. The number of hydrogen-bond acceptors (Lipinski definition) is 7. The Morgan fingerprint density at radius 1 is 1.10 bits per heavy atom. The van der Waals surface area contributed by atoms with Crippen molar-refractivity contribution in [2.24, 2.45) is 0 Å². The molecule has 9 heteroatoms. The second-order valence-electron chi connectivity index (χ2n) is 6.36. The fraction of sp³-hybridized carbons (Fsp3) is 0.381. The van der Waals surface area contributed by atoms with E-state index in [-0.39, 0.29) is 38.1 Å². The van der Waals surface area contributed by atoms with E-state index in [1.165, 1.54) is 6.26 Å². The first-order chi connectivity index (χ1) is 14.5. The van der Waals surface area contributed by atoms with Crippen LogP contribution in [0.1, 0.15) is 23.0 Å². The number of methoxy groups -OCH3 is 1. The summed E-state index contributed by atoms with van der Waals surface area (Å²) in [6.45, 7) is 2.88. The molecule has 0 bridgehead atoms. The molecular formula is C21H27N3O6. The Morgan fingerprint density at radius 2 is 1.90 bits per heavy atom. The van der Waals surface area contributed by atoms with Crippen LogP contribution in [0, 0.1) is 0 Å². The number of para-hydroxylation sites is 1. The molecule has 2 aromatic rings. The molecule has 0 aliphatic rings. The minimum Gasteiger partial charge on any atom is -0.467 e. The topological polar surface area (TPSA) is 110 Å². The first kappa shape index (κ1) is 23.1. The van der Waals surface area contributed by atoms with E-state index >= 15 is 0 Å². The Kier molecular flexibility index (Phi) is 9.56. The van der Waals surface area contributed by atoms with Crippen LogP contribution in [0.2, 0.25) is 0 Å². The maximum absolute atomic E-state index is 12.6. The summed E-state index contributed by atoms with van der Waals surface area (Å²) >= 11 is 0. The van der Waals surface area contributed by atoms with Crippen LogP contribution in [-0.2, 0) is 25.6 Å². The lowest BCUT2D eigenvalue weighted by atomic mass is 10.1. The highest BCUT2D eigenvalue weighted by Gasteiger charge is 2.18. The van der Waals surface area contributed by atoms with Gasteiger partial charge in [0.05, 0.1) is 50.4 Å². The van der Waals surface area contributed by atoms with Crippen molar-refractivity contribution in [1.29, 1.82) is 0 Å². The highest BCUT2D eigenvalue weighted by Crippen LogP contribution is 2.15. The number of furan rings is 1. The zero-order chi connectivity index (χ0) is 21.8. The molecule has 162 valence electrons. The summed E-state index contributed by atoms with van der Waals surface area (Å²) in [5.74, 6) is -0.497. The number of esters is 1. The van der Waals surface area contributed by atoms with Crippen LogP contribution < -0.4 is 10.6 Å². The van der Waals surface area contributed by atoms with Gasteiger partial charge in [0, 0.05) is 13.7 Å². The molecule has 0 atom stereocenters. The molecule has 0 saturated heterocycles. The highest BCUT2D eigenvalue weighted by atomic mass is 16.5. The zero-order valence-electron chi connectivity index (χ0n) is 17.2. The van der Waals surface area contributed by atoms with Crippen LogP contribution in [0.4, 0.5) is 5.69 Å². The van der Waals surface area contributed by atoms with Gasteiger partial charge in [-0.15, -0.1) is 0 Å². The number of ether oxygens (including phenoxy) is 2. The molecule has 2 rings (SSSR count). The van der Waals surface area contributed by atoms with Crippen molar-refractivity contribution in [3.8, 4) is 0 Å². The van der Waals surface area contributed by atoms with Crippen LogP contribution in [0.3, 0.4) is 0 Å². The molecule has 1 aromatic heterocycles. The zero-order valence-corrected chi connectivity index (χ0v) is 17.2. The number of carbonyl (C=O) groups is 3. The van der Waals surface area contributed by atoms with E-state index in [1.807, 2.05) is 0 Å². The van der Waals surface area contributed by atoms with Crippen molar-refractivity contribution in [3.63, 3.8) is 0 Å². The van der Waals surface area contributed by atoms with Crippen LogP contribution in [-0.4, -0.2) is 62.6 Å². The number of hydrogen-bond donors (Lipinski definition) is 2. The summed E-state index contributed by atoms with van der Waals surface area (Å²) < 4.78 is 15.2. The Bertz CT molecular complexity index is 822. The first-order valence-corrected chi connectivity index (χ1v) is 9.59. The summed E-state index contributed by atoms with van der Waals surface area (Å²) in [6, 6.07) is 10.2. The van der Waals surface area contributed by atoms with Gasteiger partial charge in [0.2, 0.25) is 5.91 Å². The molecule has 1 aromatic carbocycles. The molecule has 0 aliphatic heterocycles. The summed E-state index contributed by atoms with van der Waals surface area (Å²) in [5.41, 5.74) is 0.702. The average Bonchev–Trinajstić information content (AvgIpc) is 3.24. The molecule has 0 saturated carbocycles. The fourth-order valence-corrected chi connectivity index (χ4v) is 2.68. The molecule has 0 radical (unpaired) electrons. The van der Waals surface area contributed by atoms with E-state index in [1.54, 1.807) is 55.3 Å². The Morgan fingerprint density at radius 3 is 2.60 bits per heavy atom. The van der Waals surface area contributed by atoms with Gasteiger partial charge in [-0.25, -0.2) is 0 Å². The van der Waals surface area contributed by atoms with E-state index in [9.17, 15) is 14.4 Å². The molecule has 0 fully saturated rings. The van der Waals surface area contributed by atoms with Gasteiger partial charge in [-0.05, 0) is 31.2 Å². The molecule has 0 aliphatic carbocycles. The Hall–Kier alpha value is -3.17. The van der Waals surface area contributed by atoms with Crippen molar-refractivity contribution < 1.29 is 28.3 Å². The molecule has 1 heterocycles. The van der Waals surface area contributed by atoms with Crippen LogP contribution in [0.5, 0.6) is 0 Å². The summed E-state index contributed by atoms with van der Waals surface area (Å²) in [6.07, 6.45) is 1.53. The van der Waals surface area contributed by atoms with Gasteiger partial charge < -0.3 is 24.5 Å². The Balaban J connectivity index is 1.98. The molecule has 30 heavy (non-hydrogen) atoms. The van der Waals surface area contributed by atoms with E-state index < -0.39 is 5.97 Å². The molecule has 2 amide bonds. The maximum Gasteiger partial charge on any atom is 0.320 e. The van der Waals surface area contributed by atoms with E-state index in [0.717, 1.165) is 0 Å². The van der Waals surface area contributed by atoms with Gasteiger partial charge >= 0.3 is 5.97 Å². The summed E-state index contributed by atoms with van der Waals surface area (Å²) in [5, 5.41) is 5.49. The summed E-state index contributed by atoms with van der Waals surface area (Å²) in [7, 11) is 1.54. The van der Waals surface area contributed by atoms with Crippen molar-refractivity contribution in [1.82, 2.24) is 10.2 Å². The van der Waals surface area contributed by atoms with Crippen molar-refractivity contribution in [3.05, 3.63) is 54.0 Å². The molecular weight excluding hydrogens is 390 g/mol. The number of carbonyl (C=O) groups excluding carboxylic acids is 3. The molecule has 0 unspecified atom stereocenters. The van der Waals surface area contributed by atoms with Crippen molar-refractivity contribution in [2.75, 3.05) is 45.3 Å². The number of nitrogens with one attached hydrogen (secondary N) is 2. The predicted octanol–water partition coefficient (Wildman–Crippen LogP) is 1.66. The van der Waals surface area contributed by atoms with Gasteiger partial charge in [-0.2, -0.15) is 0 Å². The molecule has 2 N–H and O–H groups in total. The third-order valence-electron chi connectivity index (χ3n) is 4.09. The van der Waals surface area contributed by atoms with Gasteiger partial charge in [0.25, 0.3) is 5.91 Å². The lowest BCUT2D eigenvalue weighted by Crippen LogP contribution is -2.39. The van der Waals surface area contributed by atoms with E-state index in [2.05, 4.69) is 10.6 Å². The third-order valence-corrected chi connectivity index (χ3v) is 4.09.